The van der Waals surface area contributed by atoms with Crippen molar-refractivity contribution in [3.63, 3.8) is 0 Å². The molecule has 1 aromatic heterocycles. The Labute approximate surface area is 108 Å². The van der Waals surface area contributed by atoms with Crippen LogP contribution in [0.25, 0.3) is 11.0 Å². The summed E-state index contributed by atoms with van der Waals surface area (Å²) in [5.41, 5.74) is 11.2. The number of nitrogens with two attached hydrogens (primary N) is 2. The van der Waals surface area contributed by atoms with Crippen molar-refractivity contribution in [2.24, 2.45) is 11.5 Å². The molecule has 0 saturated carbocycles. The maximum absolute atomic E-state index is 11.7. The Morgan fingerprint density at radius 3 is 2.84 bits per heavy atom. The molecule has 6 heteroatoms. The van der Waals surface area contributed by atoms with E-state index in [0.717, 1.165) is 5.39 Å². The number of hydrogen-bond donors (Lipinski definition) is 3. The van der Waals surface area contributed by atoms with Gasteiger partial charge in [0.25, 0.3) is 0 Å². The van der Waals surface area contributed by atoms with E-state index in [4.69, 9.17) is 15.9 Å². The predicted molar refractivity (Wildman–Crippen MR) is 72.7 cm³/mol. The number of fused-ring (bicyclic) bond motifs is 1. The summed E-state index contributed by atoms with van der Waals surface area (Å²) in [7, 11) is 0. The van der Waals surface area contributed by atoms with Gasteiger partial charge >= 0.3 is 11.7 Å². The first kappa shape index (κ1) is 12.7. The van der Waals surface area contributed by atoms with Gasteiger partial charge in [-0.05, 0) is 30.8 Å². The van der Waals surface area contributed by atoms with Gasteiger partial charge < -0.3 is 21.2 Å². The molecule has 0 atom stereocenters. The van der Waals surface area contributed by atoms with Crippen LogP contribution in [0.1, 0.15) is 5.56 Å². The lowest BCUT2D eigenvalue weighted by molar-refractivity contribution is 0.259. The zero-order chi connectivity index (χ0) is 13.8. The molecule has 0 spiro atoms. The summed E-state index contributed by atoms with van der Waals surface area (Å²) in [6, 6.07) is 6.01. The molecule has 2 aromatic rings. The molecule has 0 aliphatic carbocycles. The highest BCUT2D eigenvalue weighted by molar-refractivity contribution is 5.91. The monoisotopic (exact) mass is 259 g/mol. The Balaban J connectivity index is 2.45. The van der Waals surface area contributed by atoms with Gasteiger partial charge in [-0.15, -0.1) is 0 Å². The third kappa shape index (κ3) is 2.92. The van der Waals surface area contributed by atoms with E-state index in [9.17, 15) is 9.59 Å². The summed E-state index contributed by atoms with van der Waals surface area (Å²) in [5, 5.41) is 3.17. The Kier molecular flexibility index (Phi) is 3.51. The lowest BCUT2D eigenvalue weighted by atomic mass is 10.1. The van der Waals surface area contributed by atoms with Gasteiger partial charge in [0.2, 0.25) is 0 Å². The first-order valence-corrected chi connectivity index (χ1v) is 5.60. The molecule has 0 fully saturated rings. The van der Waals surface area contributed by atoms with E-state index in [2.05, 4.69) is 5.32 Å². The first-order valence-electron chi connectivity index (χ1n) is 5.60. The van der Waals surface area contributed by atoms with Gasteiger partial charge in [-0.1, -0.05) is 6.08 Å². The van der Waals surface area contributed by atoms with Crippen LogP contribution in [0.5, 0.6) is 0 Å². The average molecular weight is 259 g/mol. The van der Waals surface area contributed by atoms with E-state index in [-0.39, 0.29) is 0 Å². The van der Waals surface area contributed by atoms with Gasteiger partial charge in [0.1, 0.15) is 5.58 Å². The number of primary amides is 1. The quantitative estimate of drug-likeness (QED) is 0.721. The molecule has 6 nitrogen and oxygen atoms in total. The molecule has 2 rings (SSSR count). The predicted octanol–water partition coefficient (Wildman–Crippen LogP) is 1.30. The van der Waals surface area contributed by atoms with Crippen molar-refractivity contribution in [2.75, 3.05) is 5.32 Å². The average Bonchev–Trinajstić information content (AvgIpc) is 2.35. The summed E-state index contributed by atoms with van der Waals surface area (Å²) < 4.78 is 5.19. The molecule has 2 amide bonds. The first-order chi connectivity index (χ1) is 9.10. The molecule has 0 radical (unpaired) electrons. The summed E-state index contributed by atoms with van der Waals surface area (Å²) in [5.74, 6) is 0. The fourth-order valence-corrected chi connectivity index (χ4v) is 1.71. The molecular formula is C13H13N3O3. The minimum atomic E-state index is -0.675. The number of anilines is 1. The second-order valence-corrected chi connectivity index (χ2v) is 3.93. The van der Waals surface area contributed by atoms with Crippen molar-refractivity contribution in [1.29, 1.82) is 0 Å². The zero-order valence-corrected chi connectivity index (χ0v) is 10.1. The van der Waals surface area contributed by atoms with Gasteiger partial charge in [0, 0.05) is 22.7 Å². The molecule has 98 valence electrons. The molecule has 1 heterocycles. The van der Waals surface area contributed by atoms with Crippen LogP contribution in [-0.4, -0.2) is 6.03 Å². The highest BCUT2D eigenvalue weighted by Crippen LogP contribution is 2.19. The Hall–Kier alpha value is -2.76. The molecular weight excluding hydrogens is 246 g/mol. The van der Waals surface area contributed by atoms with Crippen molar-refractivity contribution >= 4 is 22.7 Å². The molecule has 0 saturated heterocycles. The lowest BCUT2D eigenvalue weighted by Crippen LogP contribution is -2.19. The van der Waals surface area contributed by atoms with Crippen LogP contribution in [0.15, 0.2) is 45.8 Å². The maximum atomic E-state index is 11.7. The van der Waals surface area contributed by atoms with E-state index < -0.39 is 11.7 Å². The van der Waals surface area contributed by atoms with Gasteiger partial charge in [0.05, 0.1) is 0 Å². The highest BCUT2D eigenvalue weighted by Gasteiger charge is 2.05. The molecule has 0 aliphatic heterocycles. The molecule has 1 aromatic carbocycles. The normalized spacial score (nSPS) is 10.9. The number of allylic oxidation sites excluding steroid dienone is 1. The topological polar surface area (TPSA) is 111 Å². The van der Waals surface area contributed by atoms with Crippen molar-refractivity contribution in [1.82, 2.24) is 0 Å². The highest BCUT2D eigenvalue weighted by atomic mass is 16.4. The Morgan fingerprint density at radius 2 is 2.16 bits per heavy atom. The van der Waals surface area contributed by atoms with E-state index in [1.165, 1.54) is 6.20 Å². The lowest BCUT2D eigenvalue weighted by Gasteiger charge is -2.04. The number of hydrogen-bond acceptors (Lipinski definition) is 4. The number of rotatable bonds is 3. The number of nitrogens with one attached hydrogen (secondary N) is 1. The van der Waals surface area contributed by atoms with E-state index in [1.54, 1.807) is 30.3 Å². The van der Waals surface area contributed by atoms with Crippen LogP contribution in [-0.2, 0) is 6.42 Å². The Bertz CT molecular complexity index is 704. The number of carbonyl (C=O) groups is 1. The van der Waals surface area contributed by atoms with Crippen molar-refractivity contribution in [3.05, 3.63) is 52.5 Å². The third-order valence-corrected chi connectivity index (χ3v) is 2.55. The largest absolute Gasteiger partial charge is 0.422 e. The van der Waals surface area contributed by atoms with Crippen LogP contribution in [0.2, 0.25) is 0 Å². The summed E-state index contributed by atoms with van der Waals surface area (Å²) in [6.45, 7) is 0. The van der Waals surface area contributed by atoms with E-state index >= 15 is 0 Å². The summed E-state index contributed by atoms with van der Waals surface area (Å²) in [4.78, 5) is 22.5. The second-order valence-electron chi connectivity index (χ2n) is 3.93. The molecule has 0 bridgehead atoms. The number of urea groups is 1. The second kappa shape index (κ2) is 5.26. The van der Waals surface area contributed by atoms with Crippen molar-refractivity contribution in [2.45, 2.75) is 6.42 Å². The minimum absolute atomic E-state index is 0.386. The minimum Gasteiger partial charge on any atom is -0.422 e. The molecule has 19 heavy (non-hydrogen) atoms. The third-order valence-electron chi connectivity index (χ3n) is 2.55. The smallest absolute Gasteiger partial charge is 0.339 e. The number of benzene rings is 1. The standard InChI is InChI=1S/C13H13N3O3/c14-5-1-2-9-6-8-3-4-10(16-13(15)18)7-11(8)19-12(9)17/h1,3-7H,2,14H2,(H3,15,16,18). The zero-order valence-electron chi connectivity index (χ0n) is 10.1. The van der Waals surface area contributed by atoms with Crippen LogP contribution < -0.4 is 22.4 Å². The molecule has 0 aliphatic rings. The fraction of sp³-hybridized carbons (Fsp3) is 0.0769. The van der Waals surface area contributed by atoms with Crippen LogP contribution >= 0.6 is 0 Å². The number of carbonyl (C=O) groups excluding carboxylic acids is 1. The Morgan fingerprint density at radius 1 is 1.37 bits per heavy atom. The van der Waals surface area contributed by atoms with Crippen LogP contribution in [0.3, 0.4) is 0 Å². The van der Waals surface area contributed by atoms with Crippen molar-refractivity contribution < 1.29 is 9.21 Å². The van der Waals surface area contributed by atoms with Gasteiger partial charge in [-0.25, -0.2) is 9.59 Å². The molecule has 5 N–H and O–H groups in total. The number of amides is 2. The van der Waals surface area contributed by atoms with Crippen LogP contribution in [0, 0.1) is 0 Å². The van der Waals surface area contributed by atoms with E-state index in [0.29, 0.717) is 23.3 Å². The summed E-state index contributed by atoms with van der Waals surface area (Å²) >= 11 is 0. The fourth-order valence-electron chi connectivity index (χ4n) is 1.71. The SMILES string of the molecule is NC=CCc1cc2ccc(NC(N)=O)cc2oc1=O. The van der Waals surface area contributed by atoms with Gasteiger partial charge in [0.15, 0.2) is 0 Å². The van der Waals surface area contributed by atoms with Crippen LogP contribution in [0.4, 0.5) is 10.5 Å². The summed E-state index contributed by atoms with van der Waals surface area (Å²) in [6.07, 6.45) is 3.46. The van der Waals surface area contributed by atoms with E-state index in [1.807, 2.05) is 0 Å². The molecule has 0 unspecified atom stereocenters. The van der Waals surface area contributed by atoms with Gasteiger partial charge in [-0.3, -0.25) is 0 Å². The maximum Gasteiger partial charge on any atom is 0.339 e. The van der Waals surface area contributed by atoms with Crippen molar-refractivity contribution in [3.8, 4) is 0 Å². The van der Waals surface area contributed by atoms with Gasteiger partial charge in [-0.2, -0.15) is 0 Å².